The number of likely N-dealkylation sites (N-methyl/N-ethyl adjacent to an activating group) is 1. The molecule has 7 nitrogen and oxygen atoms in total. The summed E-state index contributed by atoms with van der Waals surface area (Å²) in [7, 11) is 3.17. The molecule has 31 heavy (non-hydrogen) atoms. The first kappa shape index (κ1) is 22.6. The molecule has 0 aliphatic rings. The highest BCUT2D eigenvalue weighted by molar-refractivity contribution is 7.98. The highest BCUT2D eigenvalue weighted by Crippen LogP contribution is 2.16. The van der Waals surface area contributed by atoms with Gasteiger partial charge >= 0.3 is 5.69 Å². The second-order valence-electron chi connectivity index (χ2n) is 7.42. The van der Waals surface area contributed by atoms with Crippen molar-refractivity contribution in [2.24, 2.45) is 7.05 Å². The highest BCUT2D eigenvalue weighted by atomic mass is 32.2. The standard InChI is InChI=1S/C23H26N4O3S/c1-25(13-17-9-11-18(31-3)12-10-17)15-19(28)20-21(24)27(23(30)26(2)22(20)29)14-16-7-5-4-6-8-16/h4-12H,13-15,24H2,1-3H3. The lowest BCUT2D eigenvalue weighted by Gasteiger charge is -2.18. The molecule has 1 aromatic heterocycles. The zero-order chi connectivity index (χ0) is 22.5. The van der Waals surface area contributed by atoms with E-state index in [9.17, 15) is 14.4 Å². The number of benzene rings is 2. The second-order valence-corrected chi connectivity index (χ2v) is 8.30. The number of Topliss-reactive ketones (excluding diaryl/α,β-unsaturated/α-hetero) is 1. The van der Waals surface area contributed by atoms with Crippen molar-refractivity contribution in [1.29, 1.82) is 0 Å². The summed E-state index contributed by atoms with van der Waals surface area (Å²) in [6.45, 7) is 0.731. The molecule has 0 saturated carbocycles. The minimum atomic E-state index is -0.672. The van der Waals surface area contributed by atoms with Crippen LogP contribution in [-0.2, 0) is 20.1 Å². The third-order valence-electron chi connectivity index (χ3n) is 5.07. The van der Waals surface area contributed by atoms with Crippen LogP contribution in [0.15, 0.2) is 69.1 Å². The van der Waals surface area contributed by atoms with Gasteiger partial charge in [-0.2, -0.15) is 0 Å². The van der Waals surface area contributed by atoms with E-state index in [-0.39, 0.29) is 24.5 Å². The summed E-state index contributed by atoms with van der Waals surface area (Å²) < 4.78 is 2.21. The summed E-state index contributed by atoms with van der Waals surface area (Å²) in [6.07, 6.45) is 2.02. The van der Waals surface area contributed by atoms with Crippen molar-refractivity contribution in [2.45, 2.75) is 18.0 Å². The van der Waals surface area contributed by atoms with Gasteiger partial charge in [-0.15, -0.1) is 11.8 Å². The Hall–Kier alpha value is -3.10. The van der Waals surface area contributed by atoms with E-state index in [1.165, 1.54) is 16.5 Å². The number of carbonyl (C=O) groups is 1. The first-order valence-electron chi connectivity index (χ1n) is 9.79. The number of carbonyl (C=O) groups excluding carboxylic acids is 1. The average Bonchev–Trinajstić information content (AvgIpc) is 2.76. The molecule has 0 aliphatic heterocycles. The van der Waals surface area contributed by atoms with E-state index in [1.807, 2.05) is 65.8 Å². The minimum absolute atomic E-state index is 0.00720. The predicted molar refractivity (Wildman–Crippen MR) is 125 cm³/mol. The average molecular weight is 439 g/mol. The summed E-state index contributed by atoms with van der Waals surface area (Å²) in [4.78, 5) is 41.3. The molecule has 0 amide bonds. The second kappa shape index (κ2) is 9.80. The van der Waals surface area contributed by atoms with Crippen LogP contribution in [0.5, 0.6) is 0 Å². The largest absolute Gasteiger partial charge is 0.384 e. The number of nitrogens with two attached hydrogens (primary N) is 1. The van der Waals surface area contributed by atoms with Crippen LogP contribution in [0.1, 0.15) is 21.5 Å². The first-order chi connectivity index (χ1) is 14.8. The Morgan fingerprint density at radius 1 is 1.03 bits per heavy atom. The van der Waals surface area contributed by atoms with Gasteiger partial charge in [-0.3, -0.25) is 23.6 Å². The number of thioether (sulfide) groups is 1. The number of anilines is 1. The van der Waals surface area contributed by atoms with Gasteiger partial charge in [0.25, 0.3) is 5.56 Å². The fourth-order valence-electron chi connectivity index (χ4n) is 3.39. The molecule has 0 aliphatic carbocycles. The molecule has 3 aromatic rings. The van der Waals surface area contributed by atoms with Crippen LogP contribution < -0.4 is 17.0 Å². The molecule has 0 saturated heterocycles. The molecular formula is C23H26N4O3S. The Morgan fingerprint density at radius 3 is 2.29 bits per heavy atom. The molecule has 2 N–H and O–H groups in total. The van der Waals surface area contributed by atoms with Crippen molar-refractivity contribution < 1.29 is 4.79 Å². The van der Waals surface area contributed by atoms with Gasteiger partial charge in [0.15, 0.2) is 5.78 Å². The Morgan fingerprint density at radius 2 is 1.68 bits per heavy atom. The molecular weight excluding hydrogens is 412 g/mol. The quantitative estimate of drug-likeness (QED) is 0.428. The van der Waals surface area contributed by atoms with Crippen molar-refractivity contribution in [3.05, 3.63) is 92.1 Å². The van der Waals surface area contributed by atoms with Gasteiger partial charge in [-0.25, -0.2) is 4.79 Å². The lowest BCUT2D eigenvalue weighted by molar-refractivity contribution is 0.0941. The minimum Gasteiger partial charge on any atom is -0.384 e. The number of rotatable bonds is 8. The Kier molecular flexibility index (Phi) is 7.14. The van der Waals surface area contributed by atoms with E-state index in [0.717, 1.165) is 15.7 Å². The maximum absolute atomic E-state index is 13.0. The lowest BCUT2D eigenvalue weighted by atomic mass is 10.1. The molecule has 3 rings (SSSR count). The van der Waals surface area contributed by atoms with E-state index < -0.39 is 17.0 Å². The molecule has 0 bridgehead atoms. The zero-order valence-corrected chi connectivity index (χ0v) is 18.7. The number of hydrogen-bond acceptors (Lipinski definition) is 6. The van der Waals surface area contributed by atoms with Gasteiger partial charge in [0.1, 0.15) is 11.4 Å². The zero-order valence-electron chi connectivity index (χ0n) is 17.9. The van der Waals surface area contributed by atoms with Crippen LogP contribution in [-0.4, -0.2) is 39.7 Å². The maximum Gasteiger partial charge on any atom is 0.332 e. The summed E-state index contributed by atoms with van der Waals surface area (Å²) in [6, 6.07) is 17.4. The molecule has 0 fully saturated rings. The molecule has 0 spiro atoms. The fraction of sp³-hybridized carbons (Fsp3) is 0.261. The number of hydrogen-bond donors (Lipinski definition) is 1. The Balaban J connectivity index is 1.85. The third-order valence-corrected chi connectivity index (χ3v) is 5.81. The lowest BCUT2D eigenvalue weighted by Crippen LogP contribution is -2.44. The first-order valence-corrected chi connectivity index (χ1v) is 11.0. The van der Waals surface area contributed by atoms with Crippen LogP contribution >= 0.6 is 11.8 Å². The molecule has 1 heterocycles. The molecule has 2 aromatic carbocycles. The van der Waals surface area contributed by atoms with Crippen molar-refractivity contribution in [1.82, 2.24) is 14.0 Å². The number of nitrogen functional groups attached to an aromatic ring is 1. The van der Waals surface area contributed by atoms with E-state index in [4.69, 9.17) is 5.73 Å². The van der Waals surface area contributed by atoms with Crippen LogP contribution in [0.4, 0.5) is 5.82 Å². The molecule has 162 valence electrons. The van der Waals surface area contributed by atoms with Gasteiger partial charge in [0, 0.05) is 18.5 Å². The Labute approximate surface area is 185 Å². The Bertz CT molecular complexity index is 1180. The van der Waals surface area contributed by atoms with Gasteiger partial charge in [0.05, 0.1) is 13.1 Å². The normalized spacial score (nSPS) is 11.1. The van der Waals surface area contributed by atoms with Crippen LogP contribution in [0, 0.1) is 0 Å². The highest BCUT2D eigenvalue weighted by Gasteiger charge is 2.22. The summed E-state index contributed by atoms with van der Waals surface area (Å²) in [5, 5.41) is 0. The number of aromatic nitrogens is 2. The van der Waals surface area contributed by atoms with Crippen LogP contribution in [0.3, 0.4) is 0 Å². The molecule has 0 atom stereocenters. The van der Waals surface area contributed by atoms with Gasteiger partial charge in [-0.1, -0.05) is 42.5 Å². The van der Waals surface area contributed by atoms with E-state index >= 15 is 0 Å². The topological polar surface area (TPSA) is 90.3 Å². The van der Waals surface area contributed by atoms with E-state index in [1.54, 1.807) is 18.8 Å². The summed E-state index contributed by atoms with van der Waals surface area (Å²) in [5.41, 5.74) is 6.70. The summed E-state index contributed by atoms with van der Waals surface area (Å²) in [5.74, 6) is -0.511. The van der Waals surface area contributed by atoms with Crippen molar-refractivity contribution in [2.75, 3.05) is 25.6 Å². The van der Waals surface area contributed by atoms with Crippen molar-refractivity contribution >= 4 is 23.4 Å². The smallest absolute Gasteiger partial charge is 0.332 e. The van der Waals surface area contributed by atoms with Gasteiger partial charge in [0.2, 0.25) is 0 Å². The van der Waals surface area contributed by atoms with Crippen LogP contribution in [0.2, 0.25) is 0 Å². The fourth-order valence-corrected chi connectivity index (χ4v) is 3.80. The van der Waals surface area contributed by atoms with Gasteiger partial charge < -0.3 is 5.73 Å². The SMILES string of the molecule is CSc1ccc(CN(C)CC(=O)c2c(N)n(Cc3ccccc3)c(=O)n(C)c2=O)cc1. The van der Waals surface area contributed by atoms with Gasteiger partial charge in [-0.05, 0) is 36.6 Å². The van der Waals surface area contributed by atoms with Crippen LogP contribution in [0.25, 0.3) is 0 Å². The number of ketones is 1. The van der Waals surface area contributed by atoms with E-state index in [0.29, 0.717) is 6.54 Å². The monoisotopic (exact) mass is 438 g/mol. The van der Waals surface area contributed by atoms with Crippen molar-refractivity contribution in [3.8, 4) is 0 Å². The maximum atomic E-state index is 13.0. The molecule has 0 unspecified atom stereocenters. The predicted octanol–water partition coefficient (Wildman–Crippen LogP) is 2.21. The molecule has 0 radical (unpaired) electrons. The summed E-state index contributed by atoms with van der Waals surface area (Å²) >= 11 is 1.67. The van der Waals surface area contributed by atoms with E-state index in [2.05, 4.69) is 0 Å². The van der Waals surface area contributed by atoms with Crippen molar-refractivity contribution in [3.63, 3.8) is 0 Å². The third kappa shape index (κ3) is 5.15. The molecule has 8 heteroatoms. The number of nitrogens with zero attached hydrogens (tertiary/aromatic N) is 3.